The van der Waals surface area contributed by atoms with Crippen LogP contribution in [0.5, 0.6) is 0 Å². The Bertz CT molecular complexity index is 482. The van der Waals surface area contributed by atoms with Crippen molar-refractivity contribution in [2.24, 2.45) is 0 Å². The van der Waals surface area contributed by atoms with Crippen LogP contribution in [0.4, 0.5) is 0 Å². The molecule has 0 fully saturated rings. The van der Waals surface area contributed by atoms with Crippen LogP contribution in [0.1, 0.15) is 0 Å². The third kappa shape index (κ3) is 3.10. The maximum absolute atomic E-state index is 5.93. The predicted molar refractivity (Wildman–Crippen MR) is 73.9 cm³/mol. The summed E-state index contributed by atoms with van der Waals surface area (Å²) < 4.78 is 2.33. The van der Waals surface area contributed by atoms with Crippen molar-refractivity contribution >= 4 is 44.9 Å². The lowest BCUT2D eigenvalue weighted by Crippen LogP contribution is -2.14. The molecule has 1 heterocycles. The van der Waals surface area contributed by atoms with Gasteiger partial charge in [0.1, 0.15) is 0 Å². The molecular formula is C11H13ClN2S2. The molecule has 86 valence electrons. The molecule has 0 amide bonds. The van der Waals surface area contributed by atoms with Crippen molar-refractivity contribution in [2.75, 3.05) is 26.4 Å². The van der Waals surface area contributed by atoms with Gasteiger partial charge in [0.25, 0.3) is 0 Å². The molecular weight excluding hydrogens is 260 g/mol. The molecule has 2 nitrogen and oxygen atoms in total. The van der Waals surface area contributed by atoms with E-state index in [-0.39, 0.29) is 0 Å². The summed E-state index contributed by atoms with van der Waals surface area (Å²) in [6, 6.07) is 5.87. The van der Waals surface area contributed by atoms with Gasteiger partial charge >= 0.3 is 0 Å². The molecule has 0 radical (unpaired) electrons. The molecule has 0 N–H and O–H groups in total. The highest BCUT2D eigenvalue weighted by atomic mass is 35.5. The summed E-state index contributed by atoms with van der Waals surface area (Å²) in [5.74, 6) is 1.07. The topological polar surface area (TPSA) is 16.1 Å². The zero-order valence-corrected chi connectivity index (χ0v) is 11.6. The van der Waals surface area contributed by atoms with Crippen molar-refractivity contribution < 1.29 is 0 Å². The second-order valence-electron chi connectivity index (χ2n) is 3.74. The third-order valence-corrected chi connectivity index (χ3v) is 4.49. The molecule has 1 aromatic carbocycles. The van der Waals surface area contributed by atoms with Crippen LogP contribution in [0.15, 0.2) is 22.5 Å². The van der Waals surface area contributed by atoms with E-state index in [1.165, 1.54) is 4.70 Å². The largest absolute Gasteiger partial charge is 0.309 e. The highest BCUT2D eigenvalue weighted by Gasteiger charge is 2.04. The van der Waals surface area contributed by atoms with Crippen LogP contribution in [0.3, 0.4) is 0 Å². The molecule has 0 saturated heterocycles. The molecule has 0 aliphatic rings. The number of thioether (sulfide) groups is 1. The van der Waals surface area contributed by atoms with E-state index in [1.807, 2.05) is 18.2 Å². The Morgan fingerprint density at radius 1 is 1.44 bits per heavy atom. The lowest BCUT2D eigenvalue weighted by Gasteiger charge is -2.06. The fourth-order valence-corrected chi connectivity index (χ4v) is 3.65. The number of hydrogen-bond donors (Lipinski definition) is 0. The van der Waals surface area contributed by atoms with Gasteiger partial charge < -0.3 is 4.90 Å². The van der Waals surface area contributed by atoms with E-state index in [4.69, 9.17) is 11.6 Å². The van der Waals surface area contributed by atoms with Crippen molar-refractivity contribution in [1.82, 2.24) is 9.88 Å². The normalized spacial score (nSPS) is 11.5. The summed E-state index contributed by atoms with van der Waals surface area (Å²) in [5.41, 5.74) is 1.00. The molecule has 2 rings (SSSR count). The number of aromatic nitrogens is 1. The molecule has 0 saturated carbocycles. The van der Waals surface area contributed by atoms with Crippen molar-refractivity contribution in [1.29, 1.82) is 0 Å². The summed E-state index contributed by atoms with van der Waals surface area (Å²) in [4.78, 5) is 6.73. The Morgan fingerprint density at radius 2 is 2.25 bits per heavy atom. The zero-order valence-electron chi connectivity index (χ0n) is 9.24. The maximum atomic E-state index is 5.93. The minimum atomic E-state index is 0.752. The minimum absolute atomic E-state index is 0.752. The summed E-state index contributed by atoms with van der Waals surface area (Å²) in [6.45, 7) is 1.07. The van der Waals surface area contributed by atoms with Crippen LogP contribution >= 0.6 is 34.7 Å². The van der Waals surface area contributed by atoms with Gasteiger partial charge in [-0.05, 0) is 32.3 Å². The number of hydrogen-bond acceptors (Lipinski definition) is 4. The van der Waals surface area contributed by atoms with Crippen LogP contribution in [0.2, 0.25) is 5.02 Å². The number of halogens is 1. The van der Waals surface area contributed by atoms with Crippen LogP contribution in [-0.2, 0) is 0 Å². The molecule has 0 unspecified atom stereocenters. The van der Waals surface area contributed by atoms with E-state index in [0.717, 1.165) is 27.2 Å². The van der Waals surface area contributed by atoms with E-state index >= 15 is 0 Å². The van der Waals surface area contributed by atoms with E-state index in [2.05, 4.69) is 24.0 Å². The van der Waals surface area contributed by atoms with Crippen molar-refractivity contribution in [3.63, 3.8) is 0 Å². The SMILES string of the molecule is CN(C)CCSc1nc2cc(Cl)ccc2s1. The van der Waals surface area contributed by atoms with Gasteiger partial charge in [0, 0.05) is 17.3 Å². The van der Waals surface area contributed by atoms with Crippen LogP contribution in [0, 0.1) is 0 Å². The Balaban J connectivity index is 2.08. The lowest BCUT2D eigenvalue weighted by molar-refractivity contribution is 0.437. The number of thiazole rings is 1. The average molecular weight is 273 g/mol. The van der Waals surface area contributed by atoms with Gasteiger partial charge in [-0.3, -0.25) is 0 Å². The fourth-order valence-electron chi connectivity index (χ4n) is 1.26. The second kappa shape index (κ2) is 5.36. The molecule has 2 aromatic rings. The Hall–Kier alpha value is -0.290. The molecule has 0 aliphatic carbocycles. The van der Waals surface area contributed by atoms with Crippen molar-refractivity contribution in [3.8, 4) is 0 Å². The highest BCUT2D eigenvalue weighted by molar-refractivity contribution is 8.01. The van der Waals surface area contributed by atoms with Gasteiger partial charge in [0.15, 0.2) is 4.34 Å². The molecule has 1 aromatic heterocycles. The zero-order chi connectivity index (χ0) is 11.5. The Labute approximate surface area is 109 Å². The first-order chi connectivity index (χ1) is 7.65. The van der Waals surface area contributed by atoms with Gasteiger partial charge in [-0.15, -0.1) is 11.3 Å². The average Bonchev–Trinajstić information content (AvgIpc) is 2.58. The second-order valence-corrected chi connectivity index (χ2v) is 6.55. The van der Waals surface area contributed by atoms with E-state index < -0.39 is 0 Å². The van der Waals surface area contributed by atoms with Gasteiger partial charge in [-0.1, -0.05) is 23.4 Å². The minimum Gasteiger partial charge on any atom is -0.309 e. The number of nitrogens with zero attached hydrogens (tertiary/aromatic N) is 2. The fraction of sp³-hybridized carbons (Fsp3) is 0.364. The maximum Gasteiger partial charge on any atom is 0.151 e. The van der Waals surface area contributed by atoms with Crippen LogP contribution < -0.4 is 0 Å². The molecule has 5 heteroatoms. The summed E-state index contributed by atoms with van der Waals surface area (Å²) in [7, 11) is 4.16. The first kappa shape index (κ1) is 12.2. The van der Waals surface area contributed by atoms with Crippen LogP contribution in [0.25, 0.3) is 10.2 Å². The summed E-state index contributed by atoms with van der Waals surface area (Å²) in [6.07, 6.45) is 0. The monoisotopic (exact) mass is 272 g/mol. The summed E-state index contributed by atoms with van der Waals surface area (Å²) >= 11 is 9.46. The quantitative estimate of drug-likeness (QED) is 0.791. The third-order valence-electron chi connectivity index (χ3n) is 2.09. The number of rotatable bonds is 4. The molecule has 0 atom stereocenters. The number of fused-ring (bicyclic) bond motifs is 1. The van der Waals surface area contributed by atoms with Gasteiger partial charge in [0.05, 0.1) is 10.2 Å². The lowest BCUT2D eigenvalue weighted by atomic mass is 10.3. The molecule has 16 heavy (non-hydrogen) atoms. The van der Waals surface area contributed by atoms with E-state index in [9.17, 15) is 0 Å². The van der Waals surface area contributed by atoms with Gasteiger partial charge in [-0.2, -0.15) is 0 Å². The van der Waals surface area contributed by atoms with E-state index in [1.54, 1.807) is 23.1 Å². The molecule has 0 aliphatic heterocycles. The molecule has 0 bridgehead atoms. The van der Waals surface area contributed by atoms with Crippen molar-refractivity contribution in [2.45, 2.75) is 4.34 Å². The highest BCUT2D eigenvalue weighted by Crippen LogP contribution is 2.30. The van der Waals surface area contributed by atoms with Crippen LogP contribution in [-0.4, -0.2) is 36.3 Å². The number of benzene rings is 1. The predicted octanol–water partition coefficient (Wildman–Crippen LogP) is 3.60. The van der Waals surface area contributed by atoms with Crippen molar-refractivity contribution in [3.05, 3.63) is 23.2 Å². The first-order valence-electron chi connectivity index (χ1n) is 4.99. The Kier molecular flexibility index (Phi) is 4.08. The van der Waals surface area contributed by atoms with Gasteiger partial charge in [0.2, 0.25) is 0 Å². The van der Waals surface area contributed by atoms with E-state index in [0.29, 0.717) is 0 Å². The van der Waals surface area contributed by atoms with Gasteiger partial charge in [-0.25, -0.2) is 4.98 Å². The summed E-state index contributed by atoms with van der Waals surface area (Å²) in [5, 5.41) is 0.752. The molecule has 0 spiro atoms. The first-order valence-corrected chi connectivity index (χ1v) is 7.17. The smallest absolute Gasteiger partial charge is 0.151 e. The standard InChI is InChI=1S/C11H13ClN2S2/c1-14(2)5-6-15-11-13-9-7-8(12)3-4-10(9)16-11/h3-4,7H,5-6H2,1-2H3. The Morgan fingerprint density at radius 3 is 3.00 bits per heavy atom.